The van der Waals surface area contributed by atoms with Crippen molar-refractivity contribution in [3.63, 3.8) is 0 Å². The first-order valence-corrected chi connectivity index (χ1v) is 11.1. The summed E-state index contributed by atoms with van der Waals surface area (Å²) in [4.78, 5) is 0. The van der Waals surface area contributed by atoms with Crippen LogP contribution in [0.1, 0.15) is 0 Å². The van der Waals surface area contributed by atoms with Crippen LogP contribution in [0.15, 0.2) is 91.0 Å². The van der Waals surface area contributed by atoms with Gasteiger partial charge in [-0.1, -0.05) is 41.4 Å². The van der Waals surface area contributed by atoms with Crippen molar-refractivity contribution in [3.05, 3.63) is 101 Å². The number of rotatable bonds is 4. The van der Waals surface area contributed by atoms with Gasteiger partial charge in [-0.2, -0.15) is 5.10 Å². The Bertz CT molecular complexity index is 1480. The molecule has 3 N–H and O–H groups in total. The third kappa shape index (κ3) is 3.96. The third-order valence-corrected chi connectivity index (χ3v) is 6.29. The van der Waals surface area contributed by atoms with E-state index in [4.69, 9.17) is 28.3 Å². The lowest BCUT2D eigenvalue weighted by Crippen LogP contribution is -2.01. The van der Waals surface area contributed by atoms with Crippen LogP contribution in [0.3, 0.4) is 0 Å². The van der Waals surface area contributed by atoms with Crippen LogP contribution in [0, 0.1) is 0 Å². The van der Waals surface area contributed by atoms with Crippen molar-refractivity contribution in [3.8, 4) is 56.6 Å². The van der Waals surface area contributed by atoms with Gasteiger partial charge >= 0.3 is 0 Å². The number of hydrogen-bond donors (Lipinski definition) is 3. The zero-order valence-corrected chi connectivity index (χ0v) is 19.2. The zero-order chi connectivity index (χ0) is 23.8. The Kier molecular flexibility index (Phi) is 5.65. The lowest BCUT2D eigenvalue weighted by molar-refractivity contribution is 0.475. The summed E-state index contributed by atoms with van der Waals surface area (Å²) in [5.41, 5.74) is 5.11. The number of aromatic nitrogens is 2. The molecule has 0 radical (unpaired) electrons. The predicted octanol–water partition coefficient (Wildman–Crippen LogP) is 7.30. The second-order valence-electron chi connectivity index (χ2n) is 7.70. The Hall–Kier alpha value is -3.93. The molecule has 5 rings (SSSR count). The van der Waals surface area contributed by atoms with Crippen molar-refractivity contribution in [2.75, 3.05) is 0 Å². The van der Waals surface area contributed by atoms with Crippen molar-refractivity contribution in [1.82, 2.24) is 9.78 Å². The Balaban J connectivity index is 1.90. The van der Waals surface area contributed by atoms with Crippen molar-refractivity contribution in [2.24, 2.45) is 0 Å². The van der Waals surface area contributed by atoms with E-state index in [-0.39, 0.29) is 17.2 Å². The summed E-state index contributed by atoms with van der Waals surface area (Å²) in [5, 5.41) is 35.3. The van der Waals surface area contributed by atoms with E-state index >= 15 is 0 Å². The molecule has 5 nitrogen and oxygen atoms in total. The summed E-state index contributed by atoms with van der Waals surface area (Å²) < 4.78 is 1.73. The van der Waals surface area contributed by atoms with E-state index in [1.165, 1.54) is 0 Å². The molecule has 4 aromatic carbocycles. The molecular formula is C27H18Cl2N2O3. The van der Waals surface area contributed by atoms with Crippen LogP contribution < -0.4 is 0 Å². The zero-order valence-electron chi connectivity index (χ0n) is 17.7. The fourth-order valence-corrected chi connectivity index (χ4v) is 4.23. The lowest BCUT2D eigenvalue weighted by atomic mass is 9.95. The topological polar surface area (TPSA) is 78.5 Å². The largest absolute Gasteiger partial charge is 0.508 e. The number of hydrogen-bond acceptors (Lipinski definition) is 4. The standard InChI is InChI=1S/C27H18Cl2N2O3/c28-22-2-1-3-23(25(22)29)31-27(18-8-14-21(34)15-9-18)24(16-4-10-19(32)11-5-16)26(30-31)17-6-12-20(33)13-7-17/h1-15,32-34H. The first kappa shape index (κ1) is 21.9. The minimum Gasteiger partial charge on any atom is -0.508 e. The second kappa shape index (κ2) is 8.78. The molecule has 0 bridgehead atoms. The van der Waals surface area contributed by atoms with Gasteiger partial charge in [0.25, 0.3) is 0 Å². The predicted molar refractivity (Wildman–Crippen MR) is 135 cm³/mol. The summed E-state index contributed by atoms with van der Waals surface area (Å²) in [6.07, 6.45) is 0. The van der Waals surface area contributed by atoms with Gasteiger partial charge in [-0.05, 0) is 78.4 Å². The number of aromatic hydroxyl groups is 3. The van der Waals surface area contributed by atoms with Gasteiger partial charge in [0, 0.05) is 16.7 Å². The van der Waals surface area contributed by atoms with Crippen LogP contribution in [0.2, 0.25) is 10.0 Å². The molecule has 168 valence electrons. The molecule has 7 heteroatoms. The summed E-state index contributed by atoms with van der Waals surface area (Å²) in [7, 11) is 0. The van der Waals surface area contributed by atoms with Gasteiger partial charge < -0.3 is 15.3 Å². The van der Waals surface area contributed by atoms with Gasteiger partial charge in [-0.15, -0.1) is 0 Å². The highest BCUT2D eigenvalue weighted by Gasteiger charge is 2.24. The summed E-state index contributed by atoms with van der Waals surface area (Å²) in [5.74, 6) is 0.429. The molecule has 0 aliphatic rings. The maximum absolute atomic E-state index is 9.88. The Morgan fingerprint density at radius 1 is 0.588 bits per heavy atom. The van der Waals surface area contributed by atoms with Crippen LogP contribution in [-0.2, 0) is 0 Å². The molecule has 0 saturated carbocycles. The van der Waals surface area contributed by atoms with Gasteiger partial charge in [0.1, 0.15) is 22.9 Å². The molecule has 1 heterocycles. The van der Waals surface area contributed by atoms with E-state index < -0.39 is 0 Å². The average molecular weight is 489 g/mol. The van der Waals surface area contributed by atoms with Crippen LogP contribution in [0.4, 0.5) is 0 Å². The highest BCUT2D eigenvalue weighted by atomic mass is 35.5. The summed E-state index contributed by atoms with van der Waals surface area (Å²) in [6.45, 7) is 0. The maximum Gasteiger partial charge on any atom is 0.115 e. The molecular weight excluding hydrogens is 471 g/mol. The maximum atomic E-state index is 9.88. The van der Waals surface area contributed by atoms with Crippen molar-refractivity contribution >= 4 is 23.2 Å². The van der Waals surface area contributed by atoms with Crippen molar-refractivity contribution in [1.29, 1.82) is 0 Å². The van der Waals surface area contributed by atoms with Crippen molar-refractivity contribution < 1.29 is 15.3 Å². The molecule has 1 aromatic heterocycles. The molecule has 0 amide bonds. The minimum atomic E-state index is 0.139. The van der Waals surface area contributed by atoms with E-state index in [2.05, 4.69) is 0 Å². The Labute approximate surface area is 205 Å². The molecule has 5 aromatic rings. The average Bonchev–Trinajstić information content (AvgIpc) is 3.22. The quantitative estimate of drug-likeness (QED) is 0.248. The first-order chi connectivity index (χ1) is 16.4. The Morgan fingerprint density at radius 3 is 1.65 bits per heavy atom. The summed E-state index contributed by atoms with van der Waals surface area (Å²) >= 11 is 12.9. The smallest absolute Gasteiger partial charge is 0.115 e. The fraction of sp³-hybridized carbons (Fsp3) is 0. The fourth-order valence-electron chi connectivity index (χ4n) is 3.86. The number of phenolic OH excluding ortho intramolecular Hbond substituents is 3. The van der Waals surface area contributed by atoms with E-state index in [1.54, 1.807) is 77.5 Å². The van der Waals surface area contributed by atoms with E-state index in [9.17, 15) is 15.3 Å². The molecule has 0 atom stereocenters. The van der Waals surface area contributed by atoms with Gasteiger partial charge in [0.15, 0.2) is 0 Å². The SMILES string of the molecule is Oc1ccc(-c2nn(-c3cccc(Cl)c3Cl)c(-c3ccc(O)cc3)c2-c2ccc(O)cc2)cc1. The van der Waals surface area contributed by atoms with E-state index in [0.29, 0.717) is 21.4 Å². The van der Waals surface area contributed by atoms with Crippen molar-refractivity contribution in [2.45, 2.75) is 0 Å². The first-order valence-electron chi connectivity index (χ1n) is 10.4. The lowest BCUT2D eigenvalue weighted by Gasteiger charge is -2.13. The second-order valence-corrected chi connectivity index (χ2v) is 8.48. The Morgan fingerprint density at radius 2 is 1.09 bits per heavy atom. The minimum absolute atomic E-state index is 0.139. The number of halogens is 2. The normalized spacial score (nSPS) is 11.0. The summed E-state index contributed by atoms with van der Waals surface area (Å²) in [6, 6.07) is 25.7. The highest BCUT2D eigenvalue weighted by molar-refractivity contribution is 6.43. The molecule has 0 aliphatic carbocycles. The van der Waals surface area contributed by atoms with E-state index in [1.807, 2.05) is 18.2 Å². The number of benzene rings is 4. The monoisotopic (exact) mass is 488 g/mol. The van der Waals surface area contributed by atoms with Gasteiger partial charge in [-0.25, -0.2) is 4.68 Å². The third-order valence-electron chi connectivity index (χ3n) is 5.48. The van der Waals surface area contributed by atoms with Crippen LogP contribution >= 0.6 is 23.2 Å². The van der Waals surface area contributed by atoms with Gasteiger partial charge in [0.2, 0.25) is 0 Å². The molecule has 0 aliphatic heterocycles. The molecule has 0 fully saturated rings. The van der Waals surface area contributed by atoms with Crippen LogP contribution in [-0.4, -0.2) is 25.1 Å². The molecule has 0 spiro atoms. The van der Waals surface area contributed by atoms with Crippen LogP contribution in [0.5, 0.6) is 17.2 Å². The highest BCUT2D eigenvalue weighted by Crippen LogP contribution is 2.43. The van der Waals surface area contributed by atoms with Crippen LogP contribution in [0.25, 0.3) is 39.3 Å². The number of phenols is 3. The number of nitrogens with zero attached hydrogens (tertiary/aromatic N) is 2. The van der Waals surface area contributed by atoms with Gasteiger partial charge in [0.05, 0.1) is 21.4 Å². The van der Waals surface area contributed by atoms with E-state index in [0.717, 1.165) is 27.9 Å². The molecule has 0 unspecified atom stereocenters. The molecule has 0 saturated heterocycles. The molecule has 34 heavy (non-hydrogen) atoms. The van der Waals surface area contributed by atoms with Gasteiger partial charge in [-0.3, -0.25) is 0 Å².